The molecule has 0 bridgehead atoms. The van der Waals surface area contributed by atoms with E-state index in [1.807, 2.05) is 18.4 Å². The van der Waals surface area contributed by atoms with Gasteiger partial charge in [0.1, 0.15) is 11.5 Å². The number of hydrogen-bond donors (Lipinski definition) is 3. The lowest BCUT2D eigenvalue weighted by atomic mass is 10.2. The van der Waals surface area contributed by atoms with E-state index in [4.69, 9.17) is 5.73 Å². The van der Waals surface area contributed by atoms with Crippen LogP contribution in [0.25, 0.3) is 0 Å². The molecule has 0 aliphatic rings. The topological polar surface area (TPSA) is 88.7 Å². The van der Waals surface area contributed by atoms with Crippen LogP contribution in [0.1, 0.15) is 29.9 Å². The normalized spacial score (nSPS) is 10.6. The van der Waals surface area contributed by atoms with Gasteiger partial charge >= 0.3 is 0 Å². The molecule has 0 saturated carbocycles. The van der Waals surface area contributed by atoms with Gasteiger partial charge in [-0.3, -0.25) is 9.89 Å². The molecule has 2 aromatic heterocycles. The first kappa shape index (κ1) is 12.2. The number of H-pyrrole nitrogens is 1. The van der Waals surface area contributed by atoms with Crippen LogP contribution in [0.15, 0.2) is 18.5 Å². The molecule has 18 heavy (non-hydrogen) atoms. The van der Waals surface area contributed by atoms with E-state index in [-0.39, 0.29) is 5.91 Å². The van der Waals surface area contributed by atoms with E-state index in [1.54, 1.807) is 18.5 Å². The van der Waals surface area contributed by atoms with E-state index in [0.717, 1.165) is 12.0 Å². The molecule has 2 rings (SSSR count). The Balaban J connectivity index is 2.21. The molecular formula is C12H17N5O. The number of nitrogens with one attached hydrogen (secondary N) is 2. The van der Waals surface area contributed by atoms with Gasteiger partial charge in [0.2, 0.25) is 0 Å². The van der Waals surface area contributed by atoms with Crippen molar-refractivity contribution in [1.29, 1.82) is 0 Å². The Morgan fingerprint density at radius 1 is 1.56 bits per heavy atom. The van der Waals surface area contributed by atoms with Gasteiger partial charge < -0.3 is 15.6 Å². The van der Waals surface area contributed by atoms with E-state index in [1.165, 1.54) is 0 Å². The Hall–Kier alpha value is -2.24. The van der Waals surface area contributed by atoms with Crippen LogP contribution in [0.3, 0.4) is 0 Å². The van der Waals surface area contributed by atoms with E-state index < -0.39 is 0 Å². The maximum absolute atomic E-state index is 12.1. The van der Waals surface area contributed by atoms with Crippen LogP contribution >= 0.6 is 0 Å². The Morgan fingerprint density at radius 3 is 3.00 bits per heavy atom. The predicted octanol–water partition coefficient (Wildman–Crippen LogP) is 1.63. The second-order valence-corrected chi connectivity index (χ2v) is 4.02. The number of amides is 1. The van der Waals surface area contributed by atoms with E-state index in [9.17, 15) is 4.79 Å². The third kappa shape index (κ3) is 2.22. The highest BCUT2D eigenvalue weighted by Gasteiger charge is 2.14. The molecule has 6 heteroatoms. The van der Waals surface area contributed by atoms with Gasteiger partial charge in [0.15, 0.2) is 0 Å². The maximum Gasteiger partial charge on any atom is 0.273 e. The molecule has 4 N–H and O–H groups in total. The molecule has 1 amide bonds. The predicted molar refractivity (Wildman–Crippen MR) is 70.4 cm³/mol. The number of aryl methyl sites for hydroxylation is 2. The Morgan fingerprint density at radius 2 is 2.33 bits per heavy atom. The first-order valence-corrected chi connectivity index (χ1v) is 5.95. The van der Waals surface area contributed by atoms with Crippen LogP contribution < -0.4 is 11.1 Å². The smallest absolute Gasteiger partial charge is 0.273 e. The van der Waals surface area contributed by atoms with Gasteiger partial charge in [-0.15, -0.1) is 0 Å². The molecule has 96 valence electrons. The first-order valence-electron chi connectivity index (χ1n) is 5.95. The van der Waals surface area contributed by atoms with Crippen molar-refractivity contribution in [3.8, 4) is 0 Å². The van der Waals surface area contributed by atoms with E-state index in [0.29, 0.717) is 23.7 Å². The van der Waals surface area contributed by atoms with E-state index >= 15 is 0 Å². The third-order valence-corrected chi connectivity index (χ3v) is 2.83. The van der Waals surface area contributed by atoms with Crippen molar-refractivity contribution in [1.82, 2.24) is 14.8 Å². The van der Waals surface area contributed by atoms with Crippen LogP contribution in [-0.4, -0.2) is 20.7 Å². The fourth-order valence-corrected chi connectivity index (χ4v) is 1.85. The van der Waals surface area contributed by atoms with Crippen LogP contribution in [0.4, 0.5) is 11.5 Å². The zero-order chi connectivity index (χ0) is 13.1. The van der Waals surface area contributed by atoms with Crippen molar-refractivity contribution in [2.24, 2.45) is 0 Å². The van der Waals surface area contributed by atoms with Crippen molar-refractivity contribution >= 4 is 17.4 Å². The maximum atomic E-state index is 12.1. The second-order valence-electron chi connectivity index (χ2n) is 4.02. The number of hydrogen-bond acceptors (Lipinski definition) is 3. The van der Waals surface area contributed by atoms with Crippen molar-refractivity contribution in [3.63, 3.8) is 0 Å². The molecular weight excluding hydrogens is 230 g/mol. The van der Waals surface area contributed by atoms with Crippen LogP contribution in [0, 0.1) is 0 Å². The molecule has 6 nitrogen and oxygen atoms in total. The Kier molecular flexibility index (Phi) is 3.36. The van der Waals surface area contributed by atoms with Crippen molar-refractivity contribution < 1.29 is 4.79 Å². The summed E-state index contributed by atoms with van der Waals surface area (Å²) in [5.41, 5.74) is 7.81. The lowest BCUT2D eigenvalue weighted by Crippen LogP contribution is -2.17. The molecule has 0 spiro atoms. The number of nitrogens with two attached hydrogens (primary N) is 1. The third-order valence-electron chi connectivity index (χ3n) is 2.83. The average molecular weight is 247 g/mol. The summed E-state index contributed by atoms with van der Waals surface area (Å²) in [6.45, 7) is 4.67. The zero-order valence-electron chi connectivity index (χ0n) is 10.5. The van der Waals surface area contributed by atoms with Crippen LogP contribution in [0.5, 0.6) is 0 Å². The lowest BCUT2D eigenvalue weighted by Gasteiger charge is -2.07. The van der Waals surface area contributed by atoms with Gasteiger partial charge in [0, 0.05) is 18.3 Å². The van der Waals surface area contributed by atoms with Gasteiger partial charge in [0.25, 0.3) is 5.91 Å². The molecule has 0 radical (unpaired) electrons. The minimum absolute atomic E-state index is 0.187. The van der Waals surface area contributed by atoms with Gasteiger partial charge in [-0.25, -0.2) is 0 Å². The monoisotopic (exact) mass is 247 g/mol. The molecule has 2 aromatic rings. The number of aromatic amines is 1. The largest absolute Gasteiger partial charge is 0.397 e. The zero-order valence-corrected chi connectivity index (χ0v) is 10.5. The summed E-state index contributed by atoms with van der Waals surface area (Å²) in [5, 5.41) is 9.51. The Bertz CT molecular complexity index is 555. The molecule has 0 aliphatic carbocycles. The molecule has 0 fully saturated rings. The van der Waals surface area contributed by atoms with Crippen molar-refractivity contribution in [3.05, 3.63) is 29.7 Å². The summed E-state index contributed by atoms with van der Waals surface area (Å²) in [6.07, 6.45) is 4.27. The highest BCUT2D eigenvalue weighted by atomic mass is 16.2. The van der Waals surface area contributed by atoms with Crippen molar-refractivity contribution in [2.45, 2.75) is 26.8 Å². The summed E-state index contributed by atoms with van der Waals surface area (Å²) in [4.78, 5) is 12.1. The lowest BCUT2D eigenvalue weighted by molar-refractivity contribution is 0.101. The minimum Gasteiger partial charge on any atom is -0.397 e. The standard InChI is InChI=1S/C12H17N5O/c1-3-8-6-14-16-11(8)15-12(18)10-5-9(13)7-17(10)4-2/h5-7H,3-4,13H2,1-2H3,(H2,14,15,16,18). The average Bonchev–Trinajstić information content (AvgIpc) is 2.94. The number of aromatic nitrogens is 3. The quantitative estimate of drug-likeness (QED) is 0.767. The summed E-state index contributed by atoms with van der Waals surface area (Å²) in [7, 11) is 0. The van der Waals surface area contributed by atoms with Gasteiger partial charge in [0.05, 0.1) is 11.9 Å². The number of anilines is 2. The van der Waals surface area contributed by atoms with Crippen molar-refractivity contribution in [2.75, 3.05) is 11.1 Å². The molecule has 0 atom stereocenters. The van der Waals surface area contributed by atoms with Gasteiger partial charge in [-0.05, 0) is 19.4 Å². The first-order chi connectivity index (χ1) is 8.65. The highest BCUT2D eigenvalue weighted by Crippen LogP contribution is 2.15. The minimum atomic E-state index is -0.187. The molecule has 0 saturated heterocycles. The summed E-state index contributed by atoms with van der Waals surface area (Å²) < 4.78 is 1.81. The highest BCUT2D eigenvalue weighted by molar-refractivity contribution is 6.03. The fraction of sp³-hybridized carbons (Fsp3) is 0.333. The number of nitrogens with zero attached hydrogens (tertiary/aromatic N) is 2. The fourth-order valence-electron chi connectivity index (χ4n) is 1.85. The molecule has 0 aliphatic heterocycles. The number of rotatable bonds is 4. The van der Waals surface area contributed by atoms with Crippen LogP contribution in [0.2, 0.25) is 0 Å². The van der Waals surface area contributed by atoms with E-state index in [2.05, 4.69) is 15.5 Å². The Labute approximate surface area is 105 Å². The van der Waals surface area contributed by atoms with Crippen LogP contribution in [-0.2, 0) is 13.0 Å². The molecule has 2 heterocycles. The number of carbonyl (C=O) groups is 1. The summed E-state index contributed by atoms with van der Waals surface area (Å²) in [6, 6.07) is 1.67. The summed E-state index contributed by atoms with van der Waals surface area (Å²) >= 11 is 0. The van der Waals surface area contributed by atoms with Gasteiger partial charge in [-0.1, -0.05) is 6.92 Å². The SMILES string of the molecule is CCc1cn[nH]c1NC(=O)c1cc(N)cn1CC. The number of nitrogen functional groups attached to an aromatic ring is 1. The molecule has 0 unspecified atom stereocenters. The number of carbonyl (C=O) groups excluding carboxylic acids is 1. The second kappa shape index (κ2) is 4.95. The summed E-state index contributed by atoms with van der Waals surface area (Å²) in [5.74, 6) is 0.456. The van der Waals surface area contributed by atoms with Gasteiger partial charge in [-0.2, -0.15) is 5.10 Å². The molecule has 0 aromatic carbocycles.